The number of benzene rings is 1. The first-order valence-corrected chi connectivity index (χ1v) is 14.7. The van der Waals surface area contributed by atoms with Gasteiger partial charge in [0.25, 0.3) is 0 Å². The highest BCUT2D eigenvalue weighted by molar-refractivity contribution is 7.99. The molecule has 41 heavy (non-hydrogen) atoms. The molecule has 0 amide bonds. The van der Waals surface area contributed by atoms with Crippen LogP contribution in [-0.2, 0) is 14.2 Å². The summed E-state index contributed by atoms with van der Waals surface area (Å²) in [6, 6.07) is 3.75. The molecule has 1 saturated heterocycles. The normalized spacial score (nSPS) is 28.0. The van der Waals surface area contributed by atoms with Gasteiger partial charge in [0.2, 0.25) is 0 Å². The van der Waals surface area contributed by atoms with Crippen LogP contribution in [0.2, 0.25) is 0 Å². The fourth-order valence-corrected chi connectivity index (χ4v) is 6.33. The second kappa shape index (κ2) is 11.3. The van der Waals surface area contributed by atoms with Crippen LogP contribution in [-0.4, -0.2) is 74.0 Å². The zero-order chi connectivity index (χ0) is 28.7. The number of ether oxygens (including phenoxy) is 3. The lowest BCUT2D eigenvalue weighted by Gasteiger charge is -2.23. The van der Waals surface area contributed by atoms with E-state index in [0.29, 0.717) is 28.6 Å². The summed E-state index contributed by atoms with van der Waals surface area (Å²) in [7, 11) is 0. The summed E-state index contributed by atoms with van der Waals surface area (Å²) in [6.45, 7) is 6.30. The van der Waals surface area contributed by atoms with Gasteiger partial charge in [-0.1, -0.05) is 35.1 Å². The fraction of sp³-hybridized carbons (Fsp3) is 0.615. The number of nitrogens with one attached hydrogen (secondary N) is 1. The van der Waals surface area contributed by atoms with Crippen LogP contribution < -0.4 is 5.32 Å². The van der Waals surface area contributed by atoms with Crippen molar-refractivity contribution >= 4 is 28.7 Å². The number of azide groups is 1. The molecule has 0 bridgehead atoms. The van der Waals surface area contributed by atoms with Crippen LogP contribution in [0, 0.1) is 11.6 Å². The minimum Gasteiger partial charge on any atom is -0.375 e. The maximum Gasteiger partial charge on any atom is 0.191 e. The Bertz CT molecular complexity index is 1480. The van der Waals surface area contributed by atoms with Crippen molar-refractivity contribution in [1.82, 2.24) is 25.0 Å². The lowest BCUT2D eigenvalue weighted by atomic mass is 10.1. The molecule has 12 nitrogen and oxygen atoms in total. The third-order valence-corrected chi connectivity index (χ3v) is 8.56. The predicted molar refractivity (Wildman–Crippen MR) is 146 cm³/mol. The van der Waals surface area contributed by atoms with E-state index in [-0.39, 0.29) is 49.5 Å². The average molecular weight is 588 g/mol. The van der Waals surface area contributed by atoms with E-state index in [1.54, 1.807) is 22.5 Å². The Balaban J connectivity index is 1.29. The number of rotatable bonds is 11. The molecule has 6 rings (SSSR count). The van der Waals surface area contributed by atoms with Crippen molar-refractivity contribution in [3.05, 3.63) is 45.8 Å². The Hall–Kier alpha value is -3.10. The highest BCUT2D eigenvalue weighted by Crippen LogP contribution is 2.47. The molecule has 2 aromatic heterocycles. The molecule has 3 aromatic rings. The molecule has 15 heteroatoms. The number of halogens is 2. The van der Waals surface area contributed by atoms with E-state index in [1.165, 1.54) is 6.07 Å². The Morgan fingerprint density at radius 2 is 2.05 bits per heavy atom. The minimum absolute atomic E-state index is 0.00999. The van der Waals surface area contributed by atoms with Crippen molar-refractivity contribution in [3.8, 4) is 0 Å². The maximum atomic E-state index is 13.8. The predicted octanol–water partition coefficient (Wildman–Crippen LogP) is 5.13. The molecular weight excluding hydrogens is 556 g/mol. The van der Waals surface area contributed by atoms with E-state index in [9.17, 15) is 8.78 Å². The van der Waals surface area contributed by atoms with E-state index < -0.39 is 17.4 Å². The third kappa shape index (κ3) is 5.69. The number of thioether (sulfide) groups is 1. The van der Waals surface area contributed by atoms with Crippen molar-refractivity contribution in [3.63, 3.8) is 0 Å². The topological polar surface area (TPSA) is 145 Å². The van der Waals surface area contributed by atoms with Gasteiger partial charge in [0, 0.05) is 35.6 Å². The van der Waals surface area contributed by atoms with Crippen molar-refractivity contribution < 1.29 is 23.0 Å². The quantitative estimate of drug-likeness (QED) is 0.0806. The van der Waals surface area contributed by atoms with Gasteiger partial charge in [0.05, 0.1) is 18.8 Å². The third-order valence-electron chi connectivity index (χ3n) is 7.51. The standard InChI is InChI=1S/C26H31F2N9O3S/c1-4-9-41-25-32-23(31-17-11-14(17)13-5-6-15(27)16(28)10-13)20-24(33-25)37(36-34-20)18-12-19(38-8-7-30-35-29)22-21(18)39-26(2,3)40-22/h5-6,10,14,17-19,21-22H,4,7-9,11-12H2,1-3H3,(H,31,32,33)/t14-,17+,18-,19-,21-,22+/m0/s1. The van der Waals surface area contributed by atoms with Crippen molar-refractivity contribution in [2.75, 3.05) is 24.2 Å². The number of hydrogen-bond donors (Lipinski definition) is 1. The van der Waals surface area contributed by atoms with Gasteiger partial charge in [-0.3, -0.25) is 0 Å². The lowest BCUT2D eigenvalue weighted by Crippen LogP contribution is -2.31. The molecule has 1 aliphatic heterocycles. The zero-order valence-electron chi connectivity index (χ0n) is 22.9. The van der Waals surface area contributed by atoms with Crippen LogP contribution in [0.15, 0.2) is 28.5 Å². The van der Waals surface area contributed by atoms with E-state index >= 15 is 0 Å². The van der Waals surface area contributed by atoms with Crippen LogP contribution >= 0.6 is 11.8 Å². The van der Waals surface area contributed by atoms with Crippen molar-refractivity contribution in [1.29, 1.82) is 0 Å². The Labute approximate surface area is 239 Å². The molecule has 1 N–H and O–H groups in total. The molecule has 3 aliphatic rings. The molecule has 0 unspecified atom stereocenters. The summed E-state index contributed by atoms with van der Waals surface area (Å²) in [5.41, 5.74) is 10.4. The summed E-state index contributed by atoms with van der Waals surface area (Å²) < 4.78 is 47.6. The van der Waals surface area contributed by atoms with Crippen LogP contribution in [0.25, 0.3) is 21.6 Å². The smallest absolute Gasteiger partial charge is 0.191 e. The molecule has 0 radical (unpaired) electrons. The molecule has 3 heterocycles. The van der Waals surface area contributed by atoms with Crippen LogP contribution in [0.5, 0.6) is 0 Å². The van der Waals surface area contributed by atoms with Gasteiger partial charge in [0.1, 0.15) is 12.2 Å². The van der Waals surface area contributed by atoms with Crippen molar-refractivity contribution in [2.24, 2.45) is 5.11 Å². The SMILES string of the molecule is CCCSc1nc(N[C@@H]2C[C@H]2c2ccc(F)c(F)c2)c2nnn([C@H]3C[C@H](OCCN=[N+]=[N-])[C@H]4OC(C)(C)O[C@H]43)c2n1. The molecule has 3 fully saturated rings. The first-order valence-electron chi connectivity index (χ1n) is 13.7. The number of anilines is 1. The number of nitrogens with zero attached hydrogens (tertiary/aromatic N) is 8. The summed E-state index contributed by atoms with van der Waals surface area (Å²) in [6.07, 6.45) is 1.27. The van der Waals surface area contributed by atoms with Gasteiger partial charge >= 0.3 is 0 Å². The van der Waals surface area contributed by atoms with E-state index in [2.05, 4.69) is 32.6 Å². The van der Waals surface area contributed by atoms with Gasteiger partial charge in [-0.15, -0.1) is 5.10 Å². The van der Waals surface area contributed by atoms with Gasteiger partial charge in [0.15, 0.2) is 39.6 Å². The largest absolute Gasteiger partial charge is 0.375 e. The maximum absolute atomic E-state index is 13.8. The van der Waals surface area contributed by atoms with Crippen molar-refractivity contribution in [2.45, 2.75) is 87.3 Å². The summed E-state index contributed by atoms with van der Waals surface area (Å²) >= 11 is 1.55. The molecular formula is C26H31F2N9O3S. The average Bonchev–Trinajstić information content (AvgIpc) is 3.28. The summed E-state index contributed by atoms with van der Waals surface area (Å²) in [4.78, 5) is 12.4. The highest BCUT2D eigenvalue weighted by Gasteiger charge is 2.56. The molecule has 218 valence electrons. The van der Waals surface area contributed by atoms with E-state index in [0.717, 1.165) is 30.2 Å². The second-order valence-corrected chi connectivity index (χ2v) is 12.0. The Morgan fingerprint density at radius 3 is 2.83 bits per heavy atom. The van der Waals surface area contributed by atoms with Gasteiger partial charge in [-0.25, -0.2) is 23.4 Å². The van der Waals surface area contributed by atoms with Crippen LogP contribution in [0.1, 0.15) is 57.6 Å². The Kier molecular flexibility index (Phi) is 7.72. The number of hydrogen-bond acceptors (Lipinski definition) is 10. The second-order valence-electron chi connectivity index (χ2n) is 10.9. The first kappa shape index (κ1) is 28.0. The highest BCUT2D eigenvalue weighted by atomic mass is 32.2. The Morgan fingerprint density at radius 1 is 1.22 bits per heavy atom. The van der Waals surface area contributed by atoms with Gasteiger partial charge < -0.3 is 19.5 Å². The molecule has 2 aliphatic carbocycles. The fourth-order valence-electron chi connectivity index (χ4n) is 5.63. The lowest BCUT2D eigenvalue weighted by molar-refractivity contribution is -0.170. The van der Waals surface area contributed by atoms with Gasteiger partial charge in [-0.05, 0) is 49.9 Å². The number of aromatic nitrogens is 5. The van der Waals surface area contributed by atoms with Crippen LogP contribution in [0.4, 0.5) is 14.6 Å². The molecule has 6 atom stereocenters. The first-order chi connectivity index (χ1) is 19.8. The molecule has 0 spiro atoms. The summed E-state index contributed by atoms with van der Waals surface area (Å²) in [5.74, 6) is -1.09. The number of fused-ring (bicyclic) bond motifs is 2. The zero-order valence-corrected chi connectivity index (χ0v) is 23.7. The van der Waals surface area contributed by atoms with Crippen LogP contribution in [0.3, 0.4) is 0 Å². The molecule has 2 saturated carbocycles. The van der Waals surface area contributed by atoms with Gasteiger partial charge in [-0.2, -0.15) is 0 Å². The van der Waals surface area contributed by atoms with E-state index in [4.69, 9.17) is 29.7 Å². The summed E-state index contributed by atoms with van der Waals surface area (Å²) in [5, 5.41) is 16.6. The monoisotopic (exact) mass is 587 g/mol. The molecule has 1 aromatic carbocycles. The minimum atomic E-state index is -0.858. The van der Waals surface area contributed by atoms with E-state index in [1.807, 2.05) is 13.8 Å².